The molecule has 2 N–H and O–H groups in total. The van der Waals surface area contributed by atoms with Crippen molar-refractivity contribution >= 4 is 10.0 Å². The van der Waals surface area contributed by atoms with Crippen molar-refractivity contribution < 1.29 is 13.2 Å². The molecule has 0 aliphatic carbocycles. The van der Waals surface area contributed by atoms with Gasteiger partial charge in [0.25, 0.3) is 0 Å². The molecule has 0 amide bonds. The van der Waals surface area contributed by atoms with Gasteiger partial charge in [0, 0.05) is 25.4 Å². The van der Waals surface area contributed by atoms with E-state index in [0.717, 1.165) is 12.3 Å². The fourth-order valence-corrected chi connectivity index (χ4v) is 2.02. The van der Waals surface area contributed by atoms with Crippen molar-refractivity contribution in [3.63, 3.8) is 0 Å². The van der Waals surface area contributed by atoms with Gasteiger partial charge in [-0.3, -0.25) is 4.79 Å². The first-order valence-electron chi connectivity index (χ1n) is 4.82. The highest BCUT2D eigenvalue weighted by Crippen LogP contribution is 2.02. The van der Waals surface area contributed by atoms with E-state index < -0.39 is 10.0 Å². The van der Waals surface area contributed by atoms with Crippen LogP contribution in [0.5, 0.6) is 0 Å². The average molecular weight is 246 g/mol. The molecule has 0 aliphatic heterocycles. The van der Waals surface area contributed by atoms with Gasteiger partial charge in [0.15, 0.2) is 0 Å². The fraction of sp³-hybridized carbons (Fsp3) is 0.444. The van der Waals surface area contributed by atoms with Crippen LogP contribution in [0.2, 0.25) is 0 Å². The van der Waals surface area contributed by atoms with Crippen molar-refractivity contribution in [2.75, 3.05) is 19.8 Å². The van der Waals surface area contributed by atoms with Crippen molar-refractivity contribution in [3.05, 3.63) is 28.7 Å². The summed E-state index contributed by atoms with van der Waals surface area (Å²) in [6.07, 6.45) is 1.16. The zero-order valence-electron chi connectivity index (χ0n) is 8.89. The van der Waals surface area contributed by atoms with Gasteiger partial charge < -0.3 is 9.72 Å². The highest BCUT2D eigenvalue weighted by molar-refractivity contribution is 7.89. The zero-order chi connectivity index (χ0) is 12.0. The maximum absolute atomic E-state index is 11.6. The highest BCUT2D eigenvalue weighted by atomic mass is 32.2. The largest absolute Gasteiger partial charge is 0.380 e. The number of pyridine rings is 1. The molecule has 90 valence electrons. The summed E-state index contributed by atoms with van der Waals surface area (Å²) in [5.74, 6) is 0. The highest BCUT2D eigenvalue weighted by Gasteiger charge is 2.12. The quantitative estimate of drug-likeness (QED) is 0.674. The predicted molar refractivity (Wildman–Crippen MR) is 58.7 cm³/mol. The number of sulfonamides is 1. The second kappa shape index (κ2) is 5.78. The van der Waals surface area contributed by atoms with E-state index in [4.69, 9.17) is 4.74 Å². The Kier molecular flexibility index (Phi) is 4.66. The molecule has 0 bridgehead atoms. The number of nitrogens with one attached hydrogen (secondary N) is 2. The third-order valence-electron chi connectivity index (χ3n) is 1.81. The molecule has 0 aromatic carbocycles. The van der Waals surface area contributed by atoms with Gasteiger partial charge in [-0.1, -0.05) is 0 Å². The van der Waals surface area contributed by atoms with Crippen LogP contribution in [0.1, 0.15) is 6.92 Å². The summed E-state index contributed by atoms with van der Waals surface area (Å²) < 4.78 is 30.6. The van der Waals surface area contributed by atoms with E-state index in [1.165, 1.54) is 6.07 Å². The summed E-state index contributed by atoms with van der Waals surface area (Å²) in [6, 6.07) is 2.42. The van der Waals surface area contributed by atoms with E-state index in [2.05, 4.69) is 9.71 Å². The van der Waals surface area contributed by atoms with Crippen LogP contribution in [0, 0.1) is 0 Å². The van der Waals surface area contributed by atoms with Gasteiger partial charge in [0.2, 0.25) is 15.6 Å². The predicted octanol–water partition coefficient (Wildman–Crippen LogP) is -0.310. The Morgan fingerprint density at radius 1 is 1.44 bits per heavy atom. The van der Waals surface area contributed by atoms with Crippen LogP contribution in [0.4, 0.5) is 0 Å². The van der Waals surface area contributed by atoms with Gasteiger partial charge in [-0.15, -0.1) is 0 Å². The minimum atomic E-state index is -3.56. The van der Waals surface area contributed by atoms with Gasteiger partial charge in [0.1, 0.15) is 0 Å². The number of aromatic amines is 1. The molecule has 7 heteroatoms. The molecule has 0 atom stereocenters. The van der Waals surface area contributed by atoms with Crippen molar-refractivity contribution in [1.82, 2.24) is 9.71 Å². The third-order valence-corrected chi connectivity index (χ3v) is 3.27. The van der Waals surface area contributed by atoms with Crippen molar-refractivity contribution in [3.8, 4) is 0 Å². The molecule has 0 saturated heterocycles. The zero-order valence-corrected chi connectivity index (χ0v) is 9.71. The summed E-state index contributed by atoms with van der Waals surface area (Å²) >= 11 is 0. The SMILES string of the molecule is CCOCCNS(=O)(=O)c1ccc(=O)[nH]c1. The first-order valence-corrected chi connectivity index (χ1v) is 6.30. The summed E-state index contributed by atoms with van der Waals surface area (Å²) in [7, 11) is -3.56. The van der Waals surface area contributed by atoms with Crippen LogP contribution in [0.25, 0.3) is 0 Å². The van der Waals surface area contributed by atoms with E-state index in [1.54, 1.807) is 0 Å². The average Bonchev–Trinajstić information content (AvgIpc) is 2.25. The first kappa shape index (κ1) is 12.9. The standard InChI is InChI=1S/C9H14N2O4S/c1-2-15-6-5-11-16(13,14)8-3-4-9(12)10-7-8/h3-4,7,11H,2,5-6H2,1H3,(H,10,12). The topological polar surface area (TPSA) is 88.3 Å². The molecule has 0 saturated carbocycles. The van der Waals surface area contributed by atoms with E-state index in [0.29, 0.717) is 13.2 Å². The number of rotatable bonds is 6. The van der Waals surface area contributed by atoms with E-state index in [-0.39, 0.29) is 17.0 Å². The summed E-state index contributed by atoms with van der Waals surface area (Å²) in [6.45, 7) is 2.89. The molecule has 1 rings (SSSR count). The molecule has 16 heavy (non-hydrogen) atoms. The lowest BCUT2D eigenvalue weighted by Gasteiger charge is -2.05. The monoisotopic (exact) mass is 246 g/mol. The van der Waals surface area contributed by atoms with E-state index >= 15 is 0 Å². The molecule has 1 heterocycles. The van der Waals surface area contributed by atoms with E-state index in [1.807, 2.05) is 6.92 Å². The molecular formula is C9H14N2O4S. The van der Waals surface area contributed by atoms with Crippen LogP contribution in [0.3, 0.4) is 0 Å². The van der Waals surface area contributed by atoms with Gasteiger partial charge in [-0.2, -0.15) is 0 Å². The lowest BCUT2D eigenvalue weighted by molar-refractivity contribution is 0.153. The normalized spacial score (nSPS) is 11.6. The Labute approximate surface area is 93.7 Å². The Hall–Kier alpha value is -1.18. The summed E-state index contributed by atoms with van der Waals surface area (Å²) in [4.78, 5) is 13.1. The van der Waals surface area contributed by atoms with Crippen LogP contribution >= 0.6 is 0 Å². The summed E-state index contributed by atoms with van der Waals surface area (Å²) in [5.41, 5.74) is -0.340. The van der Waals surface area contributed by atoms with Gasteiger partial charge in [0.05, 0.1) is 11.5 Å². The first-order chi connectivity index (χ1) is 7.56. The van der Waals surface area contributed by atoms with Crippen LogP contribution < -0.4 is 10.3 Å². The molecule has 0 aliphatic rings. The maximum atomic E-state index is 11.6. The Balaban J connectivity index is 2.63. The van der Waals surface area contributed by atoms with Crippen LogP contribution in [0.15, 0.2) is 28.0 Å². The second-order valence-corrected chi connectivity index (χ2v) is 4.75. The molecular weight excluding hydrogens is 232 g/mol. The number of H-pyrrole nitrogens is 1. The van der Waals surface area contributed by atoms with Crippen molar-refractivity contribution in [1.29, 1.82) is 0 Å². The molecule has 1 aromatic heterocycles. The second-order valence-electron chi connectivity index (χ2n) is 2.98. The molecule has 0 unspecified atom stereocenters. The van der Waals surface area contributed by atoms with Gasteiger partial charge in [-0.05, 0) is 13.0 Å². The van der Waals surface area contributed by atoms with Crippen molar-refractivity contribution in [2.24, 2.45) is 0 Å². The minimum absolute atomic E-state index is 0.0311. The Morgan fingerprint density at radius 3 is 2.75 bits per heavy atom. The molecule has 6 nitrogen and oxygen atoms in total. The lowest BCUT2D eigenvalue weighted by Crippen LogP contribution is -2.28. The van der Waals surface area contributed by atoms with Gasteiger partial charge >= 0.3 is 0 Å². The molecule has 0 fully saturated rings. The van der Waals surface area contributed by atoms with Gasteiger partial charge in [-0.25, -0.2) is 13.1 Å². The Morgan fingerprint density at radius 2 is 2.19 bits per heavy atom. The number of ether oxygens (including phenoxy) is 1. The maximum Gasteiger partial charge on any atom is 0.247 e. The smallest absolute Gasteiger partial charge is 0.247 e. The number of aromatic nitrogens is 1. The van der Waals surface area contributed by atoms with Crippen molar-refractivity contribution in [2.45, 2.75) is 11.8 Å². The molecule has 0 spiro atoms. The lowest BCUT2D eigenvalue weighted by atomic mass is 10.5. The molecule has 1 aromatic rings. The Bertz CT molecular complexity index is 460. The number of hydrogen-bond donors (Lipinski definition) is 2. The summed E-state index contributed by atoms with van der Waals surface area (Å²) in [5, 5.41) is 0. The third kappa shape index (κ3) is 3.76. The fourth-order valence-electron chi connectivity index (χ4n) is 1.04. The minimum Gasteiger partial charge on any atom is -0.380 e. The molecule has 0 radical (unpaired) electrons. The van der Waals surface area contributed by atoms with Crippen LogP contribution in [-0.2, 0) is 14.8 Å². The number of hydrogen-bond acceptors (Lipinski definition) is 4. The van der Waals surface area contributed by atoms with Crippen LogP contribution in [-0.4, -0.2) is 33.2 Å². The van der Waals surface area contributed by atoms with E-state index in [9.17, 15) is 13.2 Å².